The molecule has 0 saturated heterocycles. The first-order valence-corrected chi connectivity index (χ1v) is 18.3. The summed E-state index contributed by atoms with van der Waals surface area (Å²) in [6, 6.07) is 31.7. The number of hydrogen-bond donors (Lipinski definition) is 2. The molecule has 0 unspecified atom stereocenters. The summed E-state index contributed by atoms with van der Waals surface area (Å²) in [5, 5.41) is 26.3. The number of aliphatic hydroxyl groups is 2. The van der Waals surface area contributed by atoms with Crippen LogP contribution in [0.4, 0.5) is 0 Å². The van der Waals surface area contributed by atoms with Crippen molar-refractivity contribution in [3.63, 3.8) is 0 Å². The third-order valence-corrected chi connectivity index (χ3v) is 8.90. The van der Waals surface area contributed by atoms with Gasteiger partial charge in [0.15, 0.2) is 11.6 Å². The second-order valence-electron chi connectivity index (χ2n) is 17.7. The Kier molecular flexibility index (Phi) is 16.3. The van der Waals surface area contributed by atoms with Crippen LogP contribution >= 0.6 is 0 Å². The molecule has 302 valence electrons. The van der Waals surface area contributed by atoms with Crippen LogP contribution in [0.5, 0.6) is 0 Å². The van der Waals surface area contributed by atoms with Gasteiger partial charge in [-0.25, -0.2) is 0 Å². The van der Waals surface area contributed by atoms with Crippen LogP contribution in [0.2, 0.25) is 0 Å². The standard InChI is InChI=1S/C26H14N2.2C11H20O2.2Pt/c1-3-15-27-23(5-1)19-11-7-17-10-14-22-20(24-6-2-4-16-28-24)12-8-18-9-13-21(19)25(17)26(18)22;2*1-10(2,3)8(12)7-9(13)11(4,5)6;;/h1-10,13-16H;2*7,12H,1-6H3;;/q-2;;;;/b;2*8-7-;;. The van der Waals surface area contributed by atoms with E-state index in [0.717, 1.165) is 22.5 Å². The smallest absolute Gasteiger partial charge is 0.164 e. The number of rotatable bonds is 4. The van der Waals surface area contributed by atoms with Crippen molar-refractivity contribution in [1.82, 2.24) is 9.97 Å². The first kappa shape index (κ1) is 48.2. The van der Waals surface area contributed by atoms with Crippen molar-refractivity contribution in [2.45, 2.75) is 83.1 Å². The van der Waals surface area contributed by atoms with Gasteiger partial charge in [-0.1, -0.05) is 107 Å². The Balaban J connectivity index is 0.000000330. The average molecular weight is 1110 g/mol. The number of nitrogens with zero attached hydrogens (tertiary/aromatic N) is 2. The van der Waals surface area contributed by atoms with Crippen LogP contribution < -0.4 is 0 Å². The third-order valence-electron chi connectivity index (χ3n) is 8.90. The van der Waals surface area contributed by atoms with Gasteiger partial charge in [-0.15, -0.1) is 92.0 Å². The van der Waals surface area contributed by atoms with Gasteiger partial charge < -0.3 is 20.2 Å². The van der Waals surface area contributed by atoms with Crippen LogP contribution in [0, 0.1) is 33.8 Å². The number of hydrogen-bond acceptors (Lipinski definition) is 6. The van der Waals surface area contributed by atoms with E-state index in [0.29, 0.717) is 0 Å². The number of aliphatic hydroxyl groups excluding tert-OH is 2. The zero-order valence-electron chi connectivity index (χ0n) is 34.5. The number of benzene rings is 4. The molecule has 6 rings (SSSR count). The Hall–Kier alpha value is -3.98. The molecule has 6 nitrogen and oxygen atoms in total. The molecule has 2 heterocycles. The Morgan fingerprint density at radius 2 is 0.857 bits per heavy atom. The topological polar surface area (TPSA) is 100 Å². The minimum atomic E-state index is -0.417. The van der Waals surface area contributed by atoms with Gasteiger partial charge in [0.05, 0.1) is 0 Å². The Morgan fingerprint density at radius 1 is 0.518 bits per heavy atom. The number of carbonyl (C=O) groups is 2. The third kappa shape index (κ3) is 12.0. The summed E-state index contributed by atoms with van der Waals surface area (Å²) in [7, 11) is 0. The summed E-state index contributed by atoms with van der Waals surface area (Å²) < 4.78 is 0. The number of aromatic nitrogens is 2. The molecule has 2 aromatic heterocycles. The quantitative estimate of drug-likeness (QED) is 0.0789. The van der Waals surface area contributed by atoms with E-state index >= 15 is 0 Å². The molecule has 6 aromatic rings. The molecule has 0 fully saturated rings. The molecule has 0 bridgehead atoms. The van der Waals surface area contributed by atoms with E-state index in [1.807, 2.05) is 132 Å². The largest absolute Gasteiger partial charge is 0.512 e. The predicted octanol–water partition coefficient (Wildman–Crippen LogP) is 12.5. The Morgan fingerprint density at radius 3 is 1.12 bits per heavy atom. The first-order valence-electron chi connectivity index (χ1n) is 18.3. The number of carbonyl (C=O) groups excluding carboxylic acids is 2. The van der Waals surface area contributed by atoms with Crippen molar-refractivity contribution in [1.29, 1.82) is 0 Å². The van der Waals surface area contributed by atoms with Gasteiger partial charge in [0.25, 0.3) is 0 Å². The molecule has 0 amide bonds. The van der Waals surface area contributed by atoms with Gasteiger partial charge in [-0.3, -0.25) is 9.59 Å². The molecular formula is C48H54N2O4Pt2-2. The molecule has 0 aliphatic carbocycles. The molecule has 2 N–H and O–H groups in total. The van der Waals surface area contributed by atoms with Crippen molar-refractivity contribution in [2.75, 3.05) is 0 Å². The SMILES string of the molecule is CC(C)(C)C(=O)/C=C(\O)C(C)(C)C.CC(C)(C)C(=O)/C=C(\O)C(C)(C)C.[Pt].[Pt].[c-]1cc2ccc3c(-c4ccccn4)[c-]cc4ccc(c1-c1ccccn1)c2c43. The summed E-state index contributed by atoms with van der Waals surface area (Å²) in [5.41, 5.74) is 2.43. The number of pyridine rings is 2. The van der Waals surface area contributed by atoms with Crippen molar-refractivity contribution in [3.8, 4) is 22.5 Å². The predicted molar refractivity (Wildman–Crippen MR) is 224 cm³/mol. The van der Waals surface area contributed by atoms with Gasteiger partial charge in [0.2, 0.25) is 0 Å². The molecule has 4 aromatic carbocycles. The van der Waals surface area contributed by atoms with E-state index in [1.165, 1.54) is 44.5 Å². The second kappa shape index (κ2) is 19.0. The van der Waals surface area contributed by atoms with Crippen LogP contribution in [0.3, 0.4) is 0 Å². The van der Waals surface area contributed by atoms with Crippen molar-refractivity contribution >= 4 is 43.9 Å². The van der Waals surface area contributed by atoms with Gasteiger partial charge in [0.1, 0.15) is 11.5 Å². The first-order chi connectivity index (χ1) is 25.0. The summed E-state index contributed by atoms with van der Waals surface area (Å²) in [5.74, 6) is 0.208. The fourth-order valence-corrected chi connectivity index (χ4v) is 5.22. The molecule has 0 radical (unpaired) electrons. The summed E-state index contributed by atoms with van der Waals surface area (Å²) in [4.78, 5) is 32.1. The van der Waals surface area contributed by atoms with Gasteiger partial charge in [-0.2, -0.15) is 0 Å². The molecule has 0 spiro atoms. The maximum atomic E-state index is 11.5. The van der Waals surface area contributed by atoms with E-state index in [-0.39, 0.29) is 76.0 Å². The summed E-state index contributed by atoms with van der Waals surface area (Å²) in [6.07, 6.45) is 6.32. The van der Waals surface area contributed by atoms with Crippen molar-refractivity contribution in [2.24, 2.45) is 21.7 Å². The van der Waals surface area contributed by atoms with Gasteiger partial charge in [0, 0.05) is 88.3 Å². The Labute approximate surface area is 361 Å². The molecule has 0 aliphatic rings. The van der Waals surface area contributed by atoms with Crippen molar-refractivity contribution in [3.05, 3.63) is 121 Å². The van der Waals surface area contributed by atoms with Crippen LogP contribution in [-0.4, -0.2) is 31.7 Å². The van der Waals surface area contributed by atoms with Crippen LogP contribution in [0.15, 0.2) is 109 Å². The molecule has 8 heteroatoms. The Bertz CT molecular complexity index is 2140. The van der Waals surface area contributed by atoms with E-state index in [1.54, 1.807) is 0 Å². The molecule has 0 aliphatic heterocycles. The normalized spacial score (nSPS) is 12.5. The summed E-state index contributed by atoms with van der Waals surface area (Å²) >= 11 is 0. The fourth-order valence-electron chi connectivity index (χ4n) is 5.22. The van der Waals surface area contributed by atoms with Gasteiger partial charge in [-0.05, 0) is 23.5 Å². The van der Waals surface area contributed by atoms with E-state index in [9.17, 15) is 19.8 Å². The number of allylic oxidation sites excluding steroid dienone is 4. The van der Waals surface area contributed by atoms with Crippen LogP contribution in [-0.2, 0) is 51.7 Å². The maximum absolute atomic E-state index is 11.5. The zero-order valence-corrected chi connectivity index (χ0v) is 39.0. The zero-order chi connectivity index (χ0) is 40.2. The molecule has 56 heavy (non-hydrogen) atoms. The average Bonchev–Trinajstić information content (AvgIpc) is 3.10. The van der Waals surface area contributed by atoms with E-state index in [2.05, 4.69) is 58.5 Å². The fraction of sp³-hybridized carbons (Fsp3) is 0.333. The summed E-state index contributed by atoms with van der Waals surface area (Å²) in [6.45, 7) is 22.2. The minimum absolute atomic E-state index is 0. The minimum Gasteiger partial charge on any atom is -0.512 e. The van der Waals surface area contributed by atoms with Crippen molar-refractivity contribution < 1.29 is 61.9 Å². The second-order valence-corrected chi connectivity index (χ2v) is 17.7. The van der Waals surface area contributed by atoms with E-state index in [4.69, 9.17) is 0 Å². The van der Waals surface area contributed by atoms with Crippen LogP contribution in [0.25, 0.3) is 54.8 Å². The van der Waals surface area contributed by atoms with Gasteiger partial charge >= 0.3 is 0 Å². The molecule has 0 atom stereocenters. The molecule has 0 saturated carbocycles. The van der Waals surface area contributed by atoms with Crippen LogP contribution in [0.1, 0.15) is 83.1 Å². The number of ketones is 2. The van der Waals surface area contributed by atoms with E-state index < -0.39 is 10.8 Å². The monoisotopic (exact) mass is 1110 g/mol. The maximum Gasteiger partial charge on any atom is 0.164 e. The molecular weight excluding hydrogens is 1060 g/mol.